The maximum absolute atomic E-state index is 13.0. The monoisotopic (exact) mass is 454 g/mol. The lowest BCUT2D eigenvalue weighted by Crippen LogP contribution is -2.21. The van der Waals surface area contributed by atoms with Gasteiger partial charge in [0.15, 0.2) is 5.43 Å². The lowest BCUT2D eigenvalue weighted by atomic mass is 9.99. The third kappa shape index (κ3) is 4.87. The number of hydrogen-bond donors (Lipinski definition) is 4. The fourth-order valence-corrected chi connectivity index (χ4v) is 3.49. The van der Waals surface area contributed by atoms with Crippen molar-refractivity contribution in [2.24, 2.45) is 0 Å². The molecule has 1 aromatic heterocycles. The van der Waals surface area contributed by atoms with Crippen LogP contribution in [0, 0.1) is 0 Å². The van der Waals surface area contributed by atoms with E-state index in [0.717, 1.165) is 0 Å². The molecule has 174 valence electrons. The zero-order chi connectivity index (χ0) is 24.1. The molecule has 0 saturated heterocycles. The Morgan fingerprint density at radius 3 is 2.42 bits per heavy atom. The van der Waals surface area contributed by atoms with Crippen LogP contribution in [0.3, 0.4) is 0 Å². The maximum atomic E-state index is 13.0. The first-order valence-electron chi connectivity index (χ1n) is 10.2. The van der Waals surface area contributed by atoms with E-state index >= 15 is 0 Å². The van der Waals surface area contributed by atoms with E-state index in [4.69, 9.17) is 19.0 Å². The van der Waals surface area contributed by atoms with E-state index in [-0.39, 0.29) is 47.0 Å². The van der Waals surface area contributed by atoms with Gasteiger partial charge < -0.3 is 34.3 Å². The smallest absolute Gasteiger partial charge is 0.197 e. The molecule has 0 radical (unpaired) electrons. The van der Waals surface area contributed by atoms with Crippen molar-refractivity contribution in [3.63, 3.8) is 0 Å². The highest BCUT2D eigenvalue weighted by Crippen LogP contribution is 2.39. The minimum Gasteiger partial charge on any atom is -0.507 e. The fourth-order valence-electron chi connectivity index (χ4n) is 3.49. The maximum Gasteiger partial charge on any atom is 0.197 e. The molecule has 0 saturated carbocycles. The van der Waals surface area contributed by atoms with Gasteiger partial charge in [-0.2, -0.15) is 0 Å². The summed E-state index contributed by atoms with van der Waals surface area (Å²) in [5, 5.41) is 39.9. The summed E-state index contributed by atoms with van der Waals surface area (Å²) in [6, 6.07) is 5.75. The molecule has 1 unspecified atom stereocenters. The molecule has 8 heteroatoms. The topological polar surface area (TPSA) is 130 Å². The van der Waals surface area contributed by atoms with Crippen LogP contribution in [0.5, 0.6) is 23.0 Å². The van der Waals surface area contributed by atoms with E-state index in [2.05, 4.69) is 13.2 Å². The first kappa shape index (κ1) is 23.9. The molecule has 8 nitrogen and oxygen atoms in total. The third-order valence-corrected chi connectivity index (χ3v) is 5.10. The highest BCUT2D eigenvalue weighted by Gasteiger charge is 2.21. The van der Waals surface area contributed by atoms with Crippen LogP contribution in [0.1, 0.15) is 11.1 Å². The van der Waals surface area contributed by atoms with Gasteiger partial charge in [0.25, 0.3) is 0 Å². The summed E-state index contributed by atoms with van der Waals surface area (Å²) in [7, 11) is 1.45. The Balaban J connectivity index is 2.26. The Bertz CT molecular complexity index is 1240. The van der Waals surface area contributed by atoms with Gasteiger partial charge in [-0.15, -0.1) is 13.2 Å². The Kier molecular flexibility index (Phi) is 7.42. The number of allylic oxidation sites excluding steroid dienone is 2. The van der Waals surface area contributed by atoms with E-state index in [1.807, 2.05) is 0 Å². The molecule has 0 spiro atoms. The minimum absolute atomic E-state index is 0.0388. The number of rotatable bonds is 10. The lowest BCUT2D eigenvalue weighted by Gasteiger charge is -2.16. The number of benzene rings is 2. The van der Waals surface area contributed by atoms with E-state index in [0.29, 0.717) is 28.9 Å². The van der Waals surface area contributed by atoms with Gasteiger partial charge in [-0.1, -0.05) is 12.2 Å². The van der Waals surface area contributed by atoms with E-state index in [1.165, 1.54) is 31.4 Å². The van der Waals surface area contributed by atoms with Crippen LogP contribution >= 0.6 is 0 Å². The summed E-state index contributed by atoms with van der Waals surface area (Å²) >= 11 is 0. The number of aromatic hydroxyl groups is 2. The van der Waals surface area contributed by atoms with Gasteiger partial charge in [-0.05, 0) is 18.9 Å². The summed E-state index contributed by atoms with van der Waals surface area (Å²) in [6.45, 7) is 6.63. The second kappa shape index (κ2) is 10.2. The van der Waals surface area contributed by atoms with Crippen molar-refractivity contribution in [2.75, 3.05) is 20.3 Å². The summed E-state index contributed by atoms with van der Waals surface area (Å²) in [4.78, 5) is 13.0. The van der Waals surface area contributed by atoms with Gasteiger partial charge >= 0.3 is 0 Å². The highest BCUT2D eigenvalue weighted by atomic mass is 16.5. The van der Waals surface area contributed by atoms with Crippen molar-refractivity contribution in [3.05, 3.63) is 70.9 Å². The number of phenolic OH excluding ortho intramolecular Hbond substituents is 2. The zero-order valence-corrected chi connectivity index (χ0v) is 18.2. The first-order valence-corrected chi connectivity index (χ1v) is 10.2. The molecule has 4 N–H and O–H groups in total. The van der Waals surface area contributed by atoms with Crippen LogP contribution in [-0.2, 0) is 12.8 Å². The minimum atomic E-state index is -1.13. The molecule has 3 aromatic rings. The fraction of sp³-hybridized carbons (Fsp3) is 0.240. The molecule has 0 fully saturated rings. The Morgan fingerprint density at radius 2 is 1.79 bits per heavy atom. The molecule has 3 rings (SSSR count). The molecule has 0 aliphatic carbocycles. The standard InChI is InChI=1S/C25H26O8/c1-4-6-16-18(8-15(31-3)9-19(16)28)22-10-20(29)24-23(33-22)11-21(32-13-14(27)12-26)17(7-5-2)25(24)30/h4-5,8-11,14,26-28,30H,1-2,6-7,12-13H2,3H3. The van der Waals surface area contributed by atoms with Crippen molar-refractivity contribution < 1.29 is 34.3 Å². The zero-order valence-electron chi connectivity index (χ0n) is 18.2. The summed E-state index contributed by atoms with van der Waals surface area (Å²) in [6.07, 6.45) is 2.52. The highest BCUT2D eigenvalue weighted by molar-refractivity contribution is 5.88. The molecule has 0 aliphatic heterocycles. The van der Waals surface area contributed by atoms with E-state index < -0.39 is 18.1 Å². The van der Waals surface area contributed by atoms with Crippen LogP contribution in [-0.4, -0.2) is 46.9 Å². The van der Waals surface area contributed by atoms with Gasteiger partial charge in [0.05, 0.1) is 13.7 Å². The van der Waals surface area contributed by atoms with Crippen LogP contribution in [0.2, 0.25) is 0 Å². The van der Waals surface area contributed by atoms with Crippen LogP contribution < -0.4 is 14.9 Å². The first-order chi connectivity index (χ1) is 15.8. The number of fused-ring (bicyclic) bond motifs is 1. The SMILES string of the molecule is C=CCc1c(O)cc(OC)cc1-c1cc(=O)c2c(O)c(CC=C)c(OCC(O)CO)cc2o1. The van der Waals surface area contributed by atoms with Gasteiger partial charge in [-0.3, -0.25) is 4.79 Å². The average Bonchev–Trinajstić information content (AvgIpc) is 2.80. The third-order valence-electron chi connectivity index (χ3n) is 5.10. The summed E-state index contributed by atoms with van der Waals surface area (Å²) < 4.78 is 16.8. The number of methoxy groups -OCH3 is 1. The molecular weight excluding hydrogens is 428 g/mol. The van der Waals surface area contributed by atoms with Crippen molar-refractivity contribution >= 4 is 11.0 Å². The number of aliphatic hydroxyl groups is 2. The summed E-state index contributed by atoms with van der Waals surface area (Å²) in [5.74, 6) is 0.326. The molecule has 2 aromatic carbocycles. The quantitative estimate of drug-likeness (QED) is 0.344. The number of ether oxygens (including phenoxy) is 2. The van der Waals surface area contributed by atoms with Crippen LogP contribution in [0.15, 0.2) is 58.8 Å². The predicted octanol–water partition coefficient (Wildman–Crippen LogP) is 3.07. The van der Waals surface area contributed by atoms with Gasteiger partial charge in [-0.25, -0.2) is 0 Å². The van der Waals surface area contributed by atoms with Crippen molar-refractivity contribution in [1.29, 1.82) is 0 Å². The van der Waals surface area contributed by atoms with Gasteiger partial charge in [0.2, 0.25) is 0 Å². The van der Waals surface area contributed by atoms with Gasteiger partial charge in [0.1, 0.15) is 52.4 Å². The van der Waals surface area contributed by atoms with Crippen molar-refractivity contribution in [2.45, 2.75) is 18.9 Å². The molecular formula is C25H26O8. The summed E-state index contributed by atoms with van der Waals surface area (Å²) in [5.41, 5.74) is 0.766. The average molecular weight is 454 g/mol. The lowest BCUT2D eigenvalue weighted by molar-refractivity contribution is 0.0533. The Hall–Kier alpha value is -3.75. The largest absolute Gasteiger partial charge is 0.507 e. The molecule has 1 heterocycles. The van der Waals surface area contributed by atoms with Gasteiger partial charge in [0, 0.05) is 34.9 Å². The molecule has 0 amide bonds. The molecule has 33 heavy (non-hydrogen) atoms. The normalized spacial score (nSPS) is 11.8. The van der Waals surface area contributed by atoms with E-state index in [9.17, 15) is 20.1 Å². The number of aliphatic hydroxyl groups excluding tert-OH is 2. The van der Waals surface area contributed by atoms with Crippen LogP contribution in [0.25, 0.3) is 22.3 Å². The molecule has 0 aliphatic rings. The molecule has 1 atom stereocenters. The predicted molar refractivity (Wildman–Crippen MR) is 124 cm³/mol. The van der Waals surface area contributed by atoms with Crippen molar-refractivity contribution in [3.8, 4) is 34.3 Å². The molecule has 0 bridgehead atoms. The number of hydrogen-bond acceptors (Lipinski definition) is 8. The van der Waals surface area contributed by atoms with Crippen molar-refractivity contribution in [1.82, 2.24) is 0 Å². The Labute approximate surface area is 190 Å². The van der Waals surface area contributed by atoms with Crippen LogP contribution in [0.4, 0.5) is 0 Å². The Morgan fingerprint density at radius 1 is 1.09 bits per heavy atom. The van der Waals surface area contributed by atoms with E-state index in [1.54, 1.807) is 12.1 Å². The second-order valence-corrected chi connectivity index (χ2v) is 7.36. The second-order valence-electron chi connectivity index (χ2n) is 7.36. The number of phenols is 2.